The van der Waals surface area contributed by atoms with Gasteiger partial charge in [0.1, 0.15) is 0 Å². The average Bonchev–Trinajstić information content (AvgIpc) is 2.29. The van der Waals surface area contributed by atoms with Crippen LogP contribution in [-0.4, -0.2) is 0 Å². The maximum atomic E-state index is 6.22. The van der Waals surface area contributed by atoms with E-state index in [1.807, 2.05) is 0 Å². The van der Waals surface area contributed by atoms with Crippen molar-refractivity contribution in [3.8, 4) is 0 Å². The number of hydrogen-bond acceptors (Lipinski definition) is 1. The summed E-state index contributed by atoms with van der Waals surface area (Å²) in [6.45, 7) is 15.6. The van der Waals surface area contributed by atoms with Crippen molar-refractivity contribution in [1.82, 2.24) is 0 Å². The minimum atomic E-state index is 0.112. The lowest BCUT2D eigenvalue weighted by atomic mass is 9.68. The fraction of sp³-hybridized carbons (Fsp3) is 0.625. The number of allylic oxidation sites excluding steroid dienone is 5. The van der Waals surface area contributed by atoms with E-state index < -0.39 is 0 Å². The molecule has 1 aliphatic rings. The summed E-state index contributed by atoms with van der Waals surface area (Å²) in [5.74, 6) is 0.609. The summed E-state index contributed by atoms with van der Waals surface area (Å²) in [6.07, 6.45) is 3.58. The van der Waals surface area contributed by atoms with Crippen LogP contribution in [0.2, 0.25) is 0 Å². The molecule has 1 heteroatoms. The molecule has 1 rings (SSSR count). The molecular weight excluding hydrogens is 206 g/mol. The Hall–Kier alpha value is -0.980. The molecule has 1 unspecified atom stereocenters. The van der Waals surface area contributed by atoms with E-state index in [2.05, 4.69) is 54.5 Å². The molecule has 0 aromatic carbocycles. The first-order valence-electron chi connectivity index (χ1n) is 6.60. The first-order valence-corrected chi connectivity index (χ1v) is 6.60. The van der Waals surface area contributed by atoms with Crippen LogP contribution in [0, 0.1) is 11.3 Å². The predicted molar refractivity (Wildman–Crippen MR) is 76.6 cm³/mol. The molecule has 0 heterocycles. The highest BCUT2D eigenvalue weighted by Crippen LogP contribution is 2.45. The zero-order chi connectivity index (χ0) is 13.4. The molecule has 0 aliphatic heterocycles. The van der Waals surface area contributed by atoms with Gasteiger partial charge in [-0.25, -0.2) is 0 Å². The van der Waals surface area contributed by atoms with E-state index in [1.165, 1.54) is 28.7 Å². The fourth-order valence-electron chi connectivity index (χ4n) is 2.50. The lowest BCUT2D eigenvalue weighted by Crippen LogP contribution is -2.26. The predicted octanol–water partition coefficient (Wildman–Crippen LogP) is 4.57. The van der Waals surface area contributed by atoms with E-state index in [0.29, 0.717) is 5.92 Å². The summed E-state index contributed by atoms with van der Waals surface area (Å²) in [5.41, 5.74) is 12.6. The maximum absolute atomic E-state index is 6.22. The van der Waals surface area contributed by atoms with Crippen LogP contribution in [-0.2, 0) is 0 Å². The van der Waals surface area contributed by atoms with E-state index >= 15 is 0 Å². The Bertz CT molecular complexity index is 405. The summed E-state index contributed by atoms with van der Waals surface area (Å²) in [7, 11) is 0. The molecule has 0 aromatic rings. The Labute approximate surface area is 106 Å². The van der Waals surface area contributed by atoms with Gasteiger partial charge in [-0.05, 0) is 43.4 Å². The lowest BCUT2D eigenvalue weighted by Gasteiger charge is -2.37. The Morgan fingerprint density at radius 1 is 1.18 bits per heavy atom. The zero-order valence-electron chi connectivity index (χ0n) is 12.4. The van der Waals surface area contributed by atoms with Crippen molar-refractivity contribution in [2.45, 2.75) is 54.9 Å². The second-order valence-corrected chi connectivity index (χ2v) is 5.88. The molecule has 0 amide bonds. The average molecular weight is 233 g/mol. The van der Waals surface area contributed by atoms with Crippen LogP contribution in [0.3, 0.4) is 0 Å². The van der Waals surface area contributed by atoms with E-state index in [9.17, 15) is 0 Å². The highest BCUT2D eigenvalue weighted by molar-refractivity contribution is 5.54. The van der Waals surface area contributed by atoms with Gasteiger partial charge in [0.05, 0.1) is 0 Å². The molecule has 0 aromatic heterocycles. The quantitative estimate of drug-likeness (QED) is 0.743. The molecule has 96 valence electrons. The van der Waals surface area contributed by atoms with Gasteiger partial charge in [0, 0.05) is 11.1 Å². The second kappa shape index (κ2) is 4.72. The van der Waals surface area contributed by atoms with Gasteiger partial charge in [-0.2, -0.15) is 0 Å². The molecule has 1 atom stereocenters. The van der Waals surface area contributed by atoms with Crippen LogP contribution in [0.5, 0.6) is 0 Å². The third-order valence-electron chi connectivity index (χ3n) is 4.48. The monoisotopic (exact) mass is 233 g/mol. The smallest absolute Gasteiger partial charge is 0.0376 e. The molecule has 0 fully saturated rings. The van der Waals surface area contributed by atoms with Gasteiger partial charge in [-0.15, -0.1) is 0 Å². The first kappa shape index (κ1) is 14.1. The van der Waals surface area contributed by atoms with Crippen molar-refractivity contribution in [3.05, 3.63) is 34.1 Å². The van der Waals surface area contributed by atoms with Crippen LogP contribution in [0.25, 0.3) is 0 Å². The van der Waals surface area contributed by atoms with E-state index in [4.69, 9.17) is 5.73 Å². The Kier molecular flexibility index (Phi) is 3.91. The normalized spacial score (nSPS) is 24.5. The molecule has 0 spiro atoms. The van der Waals surface area contributed by atoms with Crippen molar-refractivity contribution in [2.24, 2.45) is 17.1 Å². The summed E-state index contributed by atoms with van der Waals surface area (Å²) < 4.78 is 0. The van der Waals surface area contributed by atoms with Gasteiger partial charge >= 0.3 is 0 Å². The number of rotatable bonds is 2. The second-order valence-electron chi connectivity index (χ2n) is 5.88. The van der Waals surface area contributed by atoms with Crippen molar-refractivity contribution < 1.29 is 0 Å². The van der Waals surface area contributed by atoms with Crippen molar-refractivity contribution in [1.29, 1.82) is 0 Å². The lowest BCUT2D eigenvalue weighted by molar-refractivity contribution is 0.519. The molecule has 17 heavy (non-hydrogen) atoms. The van der Waals surface area contributed by atoms with Gasteiger partial charge < -0.3 is 5.73 Å². The van der Waals surface area contributed by atoms with Crippen molar-refractivity contribution in [2.75, 3.05) is 0 Å². The first-order chi connectivity index (χ1) is 7.73. The summed E-state index contributed by atoms with van der Waals surface area (Å²) in [6, 6.07) is 0. The van der Waals surface area contributed by atoms with Gasteiger partial charge in [0.15, 0.2) is 0 Å². The third kappa shape index (κ3) is 2.34. The molecule has 0 saturated carbocycles. The van der Waals surface area contributed by atoms with Gasteiger partial charge in [0.2, 0.25) is 0 Å². The van der Waals surface area contributed by atoms with Gasteiger partial charge in [-0.3, -0.25) is 0 Å². The van der Waals surface area contributed by atoms with E-state index in [-0.39, 0.29) is 5.41 Å². The van der Waals surface area contributed by atoms with Crippen LogP contribution in [0.15, 0.2) is 34.1 Å². The Morgan fingerprint density at radius 3 is 2.18 bits per heavy atom. The number of hydrogen-bond donors (Lipinski definition) is 1. The molecule has 1 nitrogen and oxygen atoms in total. The highest BCUT2D eigenvalue weighted by Gasteiger charge is 2.33. The summed E-state index contributed by atoms with van der Waals surface area (Å²) in [5, 5.41) is 0. The van der Waals surface area contributed by atoms with Crippen LogP contribution in [0.1, 0.15) is 54.9 Å². The summed E-state index contributed by atoms with van der Waals surface area (Å²) >= 11 is 0. The summed E-state index contributed by atoms with van der Waals surface area (Å²) in [4.78, 5) is 0. The highest BCUT2D eigenvalue weighted by atomic mass is 14.6. The topological polar surface area (TPSA) is 26.0 Å². The van der Waals surface area contributed by atoms with Gasteiger partial charge in [-0.1, -0.05) is 45.8 Å². The van der Waals surface area contributed by atoms with Crippen LogP contribution >= 0.6 is 0 Å². The molecular formula is C16H27N. The Balaban J connectivity index is 3.38. The largest absolute Gasteiger partial charge is 0.398 e. The SMILES string of the molecule is CCC(C)/C=C1\C(C)=C(N)C(C)=C(C)C1(C)C. The third-order valence-corrected chi connectivity index (χ3v) is 4.48. The van der Waals surface area contributed by atoms with Crippen LogP contribution < -0.4 is 5.73 Å². The van der Waals surface area contributed by atoms with Gasteiger partial charge in [0.25, 0.3) is 0 Å². The van der Waals surface area contributed by atoms with E-state index in [0.717, 1.165) is 5.70 Å². The Morgan fingerprint density at radius 2 is 1.71 bits per heavy atom. The fourth-order valence-corrected chi connectivity index (χ4v) is 2.50. The number of nitrogens with two attached hydrogens (primary N) is 1. The molecule has 1 aliphatic carbocycles. The standard InChI is InChI=1S/C16H27N/c1-8-10(2)9-14-12(4)15(17)11(3)13(5)16(14,6)7/h9-10H,8,17H2,1-7H3/b14-9+. The molecule has 0 bridgehead atoms. The van der Waals surface area contributed by atoms with Crippen LogP contribution in [0.4, 0.5) is 0 Å². The zero-order valence-corrected chi connectivity index (χ0v) is 12.4. The minimum absolute atomic E-state index is 0.112. The van der Waals surface area contributed by atoms with E-state index in [1.54, 1.807) is 0 Å². The molecule has 0 saturated heterocycles. The molecule has 2 N–H and O–H groups in total. The molecule has 0 radical (unpaired) electrons. The minimum Gasteiger partial charge on any atom is -0.398 e. The maximum Gasteiger partial charge on any atom is 0.0376 e. The van der Waals surface area contributed by atoms with Crippen molar-refractivity contribution in [3.63, 3.8) is 0 Å². The van der Waals surface area contributed by atoms with Crippen molar-refractivity contribution >= 4 is 0 Å².